The monoisotopic (exact) mass is 352 g/mol. The molecule has 0 unspecified atom stereocenters. The summed E-state index contributed by atoms with van der Waals surface area (Å²) in [7, 11) is 0. The second kappa shape index (κ2) is 8.79. The van der Waals surface area contributed by atoms with E-state index in [1.54, 1.807) is 0 Å². The fourth-order valence-corrected chi connectivity index (χ4v) is 3.35. The van der Waals surface area contributed by atoms with Crippen LogP contribution in [0.2, 0.25) is 0 Å². The average molecular weight is 352 g/mol. The van der Waals surface area contributed by atoms with Gasteiger partial charge in [-0.1, -0.05) is 29.8 Å². The number of anilines is 1. The number of hydrogen-bond acceptors (Lipinski definition) is 4. The van der Waals surface area contributed by atoms with Crippen LogP contribution in [0.5, 0.6) is 0 Å². The van der Waals surface area contributed by atoms with Crippen molar-refractivity contribution in [3.63, 3.8) is 0 Å². The highest BCUT2D eigenvalue weighted by Crippen LogP contribution is 2.16. The largest absolute Gasteiger partial charge is 0.350 e. The molecule has 0 aliphatic carbocycles. The molecule has 0 bridgehead atoms. The lowest BCUT2D eigenvalue weighted by molar-refractivity contribution is -0.121. The predicted octanol–water partition coefficient (Wildman–Crippen LogP) is 3.33. The Hall–Kier alpha value is -2.43. The topological polar surface area (TPSA) is 58.1 Å². The number of aromatic nitrogens is 2. The van der Waals surface area contributed by atoms with Crippen LogP contribution in [0.15, 0.2) is 30.3 Å². The van der Waals surface area contributed by atoms with Gasteiger partial charge < -0.3 is 10.2 Å². The van der Waals surface area contributed by atoms with E-state index in [-0.39, 0.29) is 5.91 Å². The smallest absolute Gasteiger partial charge is 0.225 e. The van der Waals surface area contributed by atoms with Gasteiger partial charge in [-0.25, -0.2) is 9.97 Å². The standard InChI is InChI=1S/C21H28N4O/c1-16-7-6-8-18(13-16)9-10-20(26)22-15-19-14-17(2)23-21(24-19)25-11-4-3-5-12-25/h6-8,13-14H,3-5,9-12,15H2,1-2H3,(H,22,26). The van der Waals surface area contributed by atoms with Gasteiger partial charge in [-0.3, -0.25) is 4.79 Å². The molecule has 0 radical (unpaired) electrons. The van der Waals surface area contributed by atoms with Crippen LogP contribution < -0.4 is 10.2 Å². The molecule has 0 saturated carbocycles. The van der Waals surface area contributed by atoms with Crippen molar-refractivity contribution < 1.29 is 4.79 Å². The van der Waals surface area contributed by atoms with Crippen LogP contribution in [0.3, 0.4) is 0 Å². The second-order valence-corrected chi connectivity index (χ2v) is 7.11. The quantitative estimate of drug-likeness (QED) is 0.866. The van der Waals surface area contributed by atoms with Gasteiger partial charge in [0.2, 0.25) is 11.9 Å². The van der Waals surface area contributed by atoms with Crippen LogP contribution >= 0.6 is 0 Å². The third-order valence-electron chi connectivity index (χ3n) is 4.72. The van der Waals surface area contributed by atoms with Gasteiger partial charge in [-0.05, 0) is 51.2 Å². The van der Waals surface area contributed by atoms with Crippen molar-refractivity contribution in [1.29, 1.82) is 0 Å². The molecule has 26 heavy (non-hydrogen) atoms. The third kappa shape index (κ3) is 5.28. The first-order chi connectivity index (χ1) is 12.6. The van der Waals surface area contributed by atoms with Gasteiger partial charge >= 0.3 is 0 Å². The molecule has 1 aromatic heterocycles. The van der Waals surface area contributed by atoms with Gasteiger partial charge in [0.1, 0.15) is 0 Å². The highest BCUT2D eigenvalue weighted by Gasteiger charge is 2.15. The number of benzene rings is 1. The van der Waals surface area contributed by atoms with Crippen molar-refractivity contribution >= 4 is 11.9 Å². The summed E-state index contributed by atoms with van der Waals surface area (Å²) in [6, 6.07) is 10.3. The Morgan fingerprint density at radius 3 is 2.69 bits per heavy atom. The van der Waals surface area contributed by atoms with E-state index >= 15 is 0 Å². The van der Waals surface area contributed by atoms with Gasteiger partial charge in [-0.2, -0.15) is 0 Å². The summed E-state index contributed by atoms with van der Waals surface area (Å²) in [5.41, 5.74) is 4.25. The SMILES string of the molecule is Cc1cccc(CCC(=O)NCc2cc(C)nc(N3CCCCC3)n2)c1. The van der Waals surface area contributed by atoms with E-state index in [1.165, 1.54) is 30.4 Å². The van der Waals surface area contributed by atoms with E-state index in [9.17, 15) is 4.79 Å². The number of amides is 1. The molecule has 3 rings (SSSR count). The van der Waals surface area contributed by atoms with E-state index in [4.69, 9.17) is 0 Å². The zero-order chi connectivity index (χ0) is 18.4. The molecule has 2 aromatic rings. The van der Waals surface area contributed by atoms with Gasteiger partial charge in [-0.15, -0.1) is 0 Å². The number of piperidine rings is 1. The lowest BCUT2D eigenvalue weighted by Gasteiger charge is -2.27. The minimum atomic E-state index is 0.0577. The predicted molar refractivity (Wildman–Crippen MR) is 104 cm³/mol. The van der Waals surface area contributed by atoms with Crippen LogP contribution in [-0.4, -0.2) is 29.0 Å². The van der Waals surface area contributed by atoms with E-state index in [0.29, 0.717) is 13.0 Å². The third-order valence-corrected chi connectivity index (χ3v) is 4.72. The molecule has 1 fully saturated rings. The molecule has 1 N–H and O–H groups in total. The highest BCUT2D eigenvalue weighted by molar-refractivity contribution is 5.76. The Morgan fingerprint density at radius 2 is 1.92 bits per heavy atom. The van der Waals surface area contributed by atoms with E-state index in [0.717, 1.165) is 36.8 Å². The minimum Gasteiger partial charge on any atom is -0.350 e. The van der Waals surface area contributed by atoms with Crippen molar-refractivity contribution in [1.82, 2.24) is 15.3 Å². The highest BCUT2D eigenvalue weighted by atomic mass is 16.1. The zero-order valence-electron chi connectivity index (χ0n) is 15.8. The van der Waals surface area contributed by atoms with Crippen molar-refractivity contribution in [3.05, 3.63) is 52.8 Å². The van der Waals surface area contributed by atoms with Crippen molar-refractivity contribution in [2.75, 3.05) is 18.0 Å². The molecule has 0 atom stereocenters. The number of carbonyl (C=O) groups is 1. The fourth-order valence-electron chi connectivity index (χ4n) is 3.35. The molecule has 1 aromatic carbocycles. The van der Waals surface area contributed by atoms with Crippen molar-refractivity contribution in [3.8, 4) is 0 Å². The Morgan fingerprint density at radius 1 is 1.12 bits per heavy atom. The number of hydrogen-bond donors (Lipinski definition) is 1. The Bertz CT molecular complexity index is 753. The summed E-state index contributed by atoms with van der Waals surface area (Å²) < 4.78 is 0. The lowest BCUT2D eigenvalue weighted by atomic mass is 10.1. The zero-order valence-corrected chi connectivity index (χ0v) is 15.8. The first-order valence-corrected chi connectivity index (χ1v) is 9.52. The number of aryl methyl sites for hydroxylation is 3. The summed E-state index contributed by atoms with van der Waals surface area (Å²) in [5.74, 6) is 0.857. The van der Waals surface area contributed by atoms with E-state index < -0.39 is 0 Å². The molecule has 138 valence electrons. The summed E-state index contributed by atoms with van der Waals surface area (Å²) in [6.45, 7) is 6.55. The van der Waals surface area contributed by atoms with Crippen molar-refractivity contribution in [2.45, 2.75) is 52.5 Å². The molecule has 1 aliphatic rings. The summed E-state index contributed by atoms with van der Waals surface area (Å²) >= 11 is 0. The minimum absolute atomic E-state index is 0.0577. The van der Waals surface area contributed by atoms with Crippen LogP contribution in [0, 0.1) is 13.8 Å². The molecule has 0 spiro atoms. The fraction of sp³-hybridized carbons (Fsp3) is 0.476. The molecule has 2 heterocycles. The maximum atomic E-state index is 12.2. The van der Waals surface area contributed by atoms with Gasteiger partial charge in [0.25, 0.3) is 0 Å². The van der Waals surface area contributed by atoms with E-state index in [1.807, 2.05) is 19.1 Å². The number of nitrogens with zero attached hydrogens (tertiary/aromatic N) is 3. The molecule has 1 saturated heterocycles. The first kappa shape index (κ1) is 18.4. The van der Waals surface area contributed by atoms with Gasteiger partial charge in [0.15, 0.2) is 0 Å². The maximum absolute atomic E-state index is 12.2. The van der Waals surface area contributed by atoms with Crippen LogP contribution in [0.4, 0.5) is 5.95 Å². The normalized spacial score (nSPS) is 14.3. The molecule has 5 heteroatoms. The lowest BCUT2D eigenvalue weighted by Crippen LogP contribution is -2.32. The molecule has 5 nitrogen and oxygen atoms in total. The second-order valence-electron chi connectivity index (χ2n) is 7.11. The maximum Gasteiger partial charge on any atom is 0.225 e. The molecule has 1 aliphatic heterocycles. The number of carbonyl (C=O) groups excluding carboxylic acids is 1. The van der Waals surface area contributed by atoms with Crippen LogP contribution in [0.1, 0.15) is 48.2 Å². The summed E-state index contributed by atoms with van der Waals surface area (Å²) in [5, 5.41) is 2.99. The number of rotatable bonds is 6. The molecular weight excluding hydrogens is 324 g/mol. The Labute approximate surface area is 155 Å². The van der Waals surface area contributed by atoms with Gasteiger partial charge in [0.05, 0.1) is 12.2 Å². The van der Waals surface area contributed by atoms with E-state index in [2.05, 4.69) is 45.3 Å². The Kier molecular flexibility index (Phi) is 6.21. The molecule has 1 amide bonds. The first-order valence-electron chi connectivity index (χ1n) is 9.52. The van der Waals surface area contributed by atoms with Crippen LogP contribution in [-0.2, 0) is 17.8 Å². The van der Waals surface area contributed by atoms with Crippen LogP contribution in [0.25, 0.3) is 0 Å². The van der Waals surface area contributed by atoms with Gasteiger partial charge in [0, 0.05) is 25.2 Å². The van der Waals surface area contributed by atoms with Crippen molar-refractivity contribution in [2.24, 2.45) is 0 Å². The molecular formula is C21H28N4O. The summed E-state index contributed by atoms with van der Waals surface area (Å²) in [6.07, 6.45) is 4.93. The Balaban J connectivity index is 1.53. The summed E-state index contributed by atoms with van der Waals surface area (Å²) in [4.78, 5) is 23.7. The number of nitrogens with one attached hydrogen (secondary N) is 1. The average Bonchev–Trinajstić information content (AvgIpc) is 2.65.